The summed E-state index contributed by atoms with van der Waals surface area (Å²) in [5, 5.41) is 10.2. The molecule has 12 heavy (non-hydrogen) atoms. The van der Waals surface area contributed by atoms with Crippen LogP contribution in [0, 0.1) is 10.1 Å². The SMILES string of the molecule is O=[N+]([O-])c1cn(CCCS)cn1. The highest BCUT2D eigenvalue weighted by Gasteiger charge is 2.08. The van der Waals surface area contributed by atoms with E-state index in [0.717, 1.165) is 18.7 Å². The van der Waals surface area contributed by atoms with Crippen LogP contribution in [-0.2, 0) is 6.54 Å². The van der Waals surface area contributed by atoms with Crippen molar-refractivity contribution in [2.75, 3.05) is 5.75 Å². The van der Waals surface area contributed by atoms with Crippen LogP contribution in [-0.4, -0.2) is 20.2 Å². The van der Waals surface area contributed by atoms with Gasteiger partial charge in [-0.3, -0.25) is 0 Å². The standard InChI is InChI=1S/C6H9N3O2S/c10-9(11)6-4-8(5-7-6)2-1-3-12/h4-5,12H,1-3H2. The molecule has 0 unspecified atom stereocenters. The minimum atomic E-state index is -0.503. The van der Waals surface area contributed by atoms with Gasteiger partial charge in [0, 0.05) is 6.54 Å². The number of aryl methyl sites for hydroxylation is 1. The molecule has 0 aromatic carbocycles. The summed E-state index contributed by atoms with van der Waals surface area (Å²) >= 11 is 4.03. The van der Waals surface area contributed by atoms with Crippen LogP contribution < -0.4 is 0 Å². The third-order valence-electron chi connectivity index (χ3n) is 1.38. The first kappa shape index (κ1) is 9.05. The highest BCUT2D eigenvalue weighted by molar-refractivity contribution is 7.80. The lowest BCUT2D eigenvalue weighted by Gasteiger charge is -1.94. The van der Waals surface area contributed by atoms with Gasteiger partial charge in [0.05, 0.1) is 0 Å². The minimum Gasteiger partial charge on any atom is -0.358 e. The van der Waals surface area contributed by atoms with Crippen LogP contribution in [0.4, 0.5) is 5.82 Å². The van der Waals surface area contributed by atoms with E-state index in [9.17, 15) is 10.1 Å². The molecule has 0 spiro atoms. The number of aromatic nitrogens is 2. The number of nitrogens with zero attached hydrogens (tertiary/aromatic N) is 3. The first-order valence-electron chi connectivity index (χ1n) is 3.51. The predicted molar refractivity (Wildman–Crippen MR) is 47.4 cm³/mol. The van der Waals surface area contributed by atoms with E-state index >= 15 is 0 Å². The Morgan fingerprint density at radius 1 is 1.75 bits per heavy atom. The van der Waals surface area contributed by atoms with Crippen LogP contribution >= 0.6 is 12.6 Å². The van der Waals surface area contributed by atoms with Gasteiger partial charge in [0.2, 0.25) is 6.33 Å². The predicted octanol–water partition coefficient (Wildman–Crippen LogP) is 1.11. The molecule has 0 radical (unpaired) electrons. The molecule has 0 bridgehead atoms. The monoisotopic (exact) mass is 187 g/mol. The minimum absolute atomic E-state index is 0.103. The van der Waals surface area contributed by atoms with Gasteiger partial charge in [-0.1, -0.05) is 0 Å². The van der Waals surface area contributed by atoms with Gasteiger partial charge in [-0.2, -0.15) is 12.6 Å². The van der Waals surface area contributed by atoms with Crippen LogP contribution in [0.2, 0.25) is 0 Å². The van der Waals surface area contributed by atoms with E-state index in [2.05, 4.69) is 17.6 Å². The molecule has 0 saturated heterocycles. The van der Waals surface area contributed by atoms with Crippen LogP contribution in [0.1, 0.15) is 6.42 Å². The molecule has 66 valence electrons. The van der Waals surface area contributed by atoms with Gasteiger partial charge >= 0.3 is 5.82 Å². The summed E-state index contributed by atoms with van der Waals surface area (Å²) in [7, 11) is 0. The van der Waals surface area contributed by atoms with Crippen molar-refractivity contribution in [3.05, 3.63) is 22.6 Å². The summed E-state index contributed by atoms with van der Waals surface area (Å²) in [5.74, 6) is 0.667. The molecule has 5 nitrogen and oxygen atoms in total. The van der Waals surface area contributed by atoms with Gasteiger partial charge in [0.1, 0.15) is 6.20 Å². The molecule has 1 aromatic heterocycles. The van der Waals surface area contributed by atoms with Crippen molar-refractivity contribution in [3.63, 3.8) is 0 Å². The number of hydrogen-bond acceptors (Lipinski definition) is 4. The van der Waals surface area contributed by atoms with Crippen molar-refractivity contribution in [1.82, 2.24) is 9.55 Å². The second kappa shape index (κ2) is 4.10. The van der Waals surface area contributed by atoms with Crippen molar-refractivity contribution in [2.45, 2.75) is 13.0 Å². The molecular formula is C6H9N3O2S. The van der Waals surface area contributed by atoms with Crippen molar-refractivity contribution in [2.24, 2.45) is 0 Å². The van der Waals surface area contributed by atoms with Gasteiger partial charge in [-0.25, -0.2) is 0 Å². The van der Waals surface area contributed by atoms with Crippen LogP contribution in [0.3, 0.4) is 0 Å². The lowest BCUT2D eigenvalue weighted by atomic mass is 10.5. The zero-order valence-electron chi connectivity index (χ0n) is 6.38. The maximum atomic E-state index is 10.2. The summed E-state index contributed by atoms with van der Waals surface area (Å²) in [5.41, 5.74) is 0. The van der Waals surface area contributed by atoms with Crippen LogP contribution in [0.25, 0.3) is 0 Å². The lowest BCUT2D eigenvalue weighted by molar-refractivity contribution is -0.389. The fourth-order valence-corrected chi connectivity index (χ4v) is 0.960. The zero-order valence-corrected chi connectivity index (χ0v) is 7.28. The van der Waals surface area contributed by atoms with E-state index in [4.69, 9.17) is 0 Å². The molecule has 6 heteroatoms. The largest absolute Gasteiger partial charge is 0.381 e. The van der Waals surface area contributed by atoms with Gasteiger partial charge in [-0.15, -0.1) is 0 Å². The maximum absolute atomic E-state index is 10.2. The summed E-state index contributed by atoms with van der Waals surface area (Å²) in [6, 6.07) is 0. The molecular weight excluding hydrogens is 178 g/mol. The Morgan fingerprint density at radius 3 is 3.00 bits per heavy atom. The Kier molecular flexibility index (Phi) is 3.09. The van der Waals surface area contributed by atoms with Crippen molar-refractivity contribution in [1.29, 1.82) is 0 Å². The molecule has 0 aliphatic rings. The normalized spacial score (nSPS) is 10.1. The van der Waals surface area contributed by atoms with Crippen molar-refractivity contribution >= 4 is 18.4 Å². The Labute approximate surface area is 75.0 Å². The van der Waals surface area contributed by atoms with Crippen LogP contribution in [0.15, 0.2) is 12.5 Å². The quantitative estimate of drug-likeness (QED) is 0.436. The summed E-state index contributed by atoms with van der Waals surface area (Å²) in [4.78, 5) is 13.3. The highest BCUT2D eigenvalue weighted by atomic mass is 32.1. The Balaban J connectivity index is 2.58. The first-order valence-corrected chi connectivity index (χ1v) is 4.14. The molecule has 0 N–H and O–H groups in total. The number of hydrogen-bond donors (Lipinski definition) is 1. The number of rotatable bonds is 4. The third-order valence-corrected chi connectivity index (χ3v) is 1.70. The molecule has 1 heterocycles. The smallest absolute Gasteiger partial charge is 0.358 e. The Bertz CT molecular complexity index is 274. The van der Waals surface area contributed by atoms with E-state index in [0.29, 0.717) is 0 Å². The van der Waals surface area contributed by atoms with E-state index < -0.39 is 4.92 Å². The lowest BCUT2D eigenvalue weighted by Crippen LogP contribution is -1.94. The average molecular weight is 187 g/mol. The van der Waals surface area contributed by atoms with Gasteiger partial charge in [0.25, 0.3) is 0 Å². The van der Waals surface area contributed by atoms with Crippen molar-refractivity contribution < 1.29 is 4.92 Å². The molecule has 0 amide bonds. The van der Waals surface area contributed by atoms with Crippen LogP contribution in [0.5, 0.6) is 0 Å². The van der Waals surface area contributed by atoms with Gasteiger partial charge < -0.3 is 14.7 Å². The molecule has 0 fully saturated rings. The average Bonchev–Trinajstić information content (AvgIpc) is 2.48. The molecule has 0 aliphatic heterocycles. The van der Waals surface area contributed by atoms with E-state index in [1.54, 1.807) is 4.57 Å². The fourth-order valence-electron chi connectivity index (χ4n) is 0.818. The Morgan fingerprint density at radius 2 is 2.50 bits per heavy atom. The second-order valence-corrected chi connectivity index (χ2v) is 2.75. The highest BCUT2D eigenvalue weighted by Crippen LogP contribution is 2.05. The fraction of sp³-hybridized carbons (Fsp3) is 0.500. The number of thiol groups is 1. The van der Waals surface area contributed by atoms with Crippen molar-refractivity contribution in [3.8, 4) is 0 Å². The van der Waals surface area contributed by atoms with Gasteiger partial charge in [-0.05, 0) is 22.1 Å². The molecule has 0 aliphatic carbocycles. The second-order valence-electron chi connectivity index (χ2n) is 2.30. The first-order chi connectivity index (χ1) is 5.74. The molecule has 1 rings (SSSR count). The zero-order chi connectivity index (χ0) is 8.97. The van der Waals surface area contributed by atoms with E-state index in [1.807, 2.05) is 0 Å². The Hall–Kier alpha value is -1.04. The maximum Gasteiger partial charge on any atom is 0.381 e. The molecule has 0 atom stereocenters. The molecule has 0 saturated carbocycles. The van der Waals surface area contributed by atoms with E-state index in [1.165, 1.54) is 12.5 Å². The summed E-state index contributed by atoms with van der Waals surface area (Å²) in [6.07, 6.45) is 3.77. The number of imidazole rings is 1. The topological polar surface area (TPSA) is 61.0 Å². The summed E-state index contributed by atoms with van der Waals surface area (Å²) < 4.78 is 1.69. The van der Waals surface area contributed by atoms with E-state index in [-0.39, 0.29) is 5.82 Å². The number of nitro groups is 1. The summed E-state index contributed by atoms with van der Waals surface area (Å²) in [6.45, 7) is 0.727. The molecule has 1 aromatic rings. The van der Waals surface area contributed by atoms with Gasteiger partial charge in [0.15, 0.2) is 0 Å². The third kappa shape index (κ3) is 2.23.